The highest BCUT2D eigenvalue weighted by atomic mass is 16.1. The van der Waals surface area contributed by atoms with Gasteiger partial charge in [-0.1, -0.05) is 13.8 Å². The van der Waals surface area contributed by atoms with Gasteiger partial charge in [0, 0.05) is 5.41 Å². The summed E-state index contributed by atoms with van der Waals surface area (Å²) in [4.78, 5) is 29.0. The van der Waals surface area contributed by atoms with E-state index in [4.69, 9.17) is 0 Å². The highest BCUT2D eigenvalue weighted by molar-refractivity contribution is 5.38. The minimum atomic E-state index is -0.512. The van der Waals surface area contributed by atoms with E-state index in [9.17, 15) is 9.59 Å². The van der Waals surface area contributed by atoms with Crippen LogP contribution in [0.2, 0.25) is 0 Å². The molecule has 0 bridgehead atoms. The number of aliphatic imine (C=N–C) groups is 2. The van der Waals surface area contributed by atoms with Crippen molar-refractivity contribution in [1.82, 2.24) is 0 Å². The van der Waals surface area contributed by atoms with Gasteiger partial charge in [-0.3, -0.25) is 0 Å². The fraction of sp³-hybridized carbons (Fsp3) is 0.833. The predicted molar refractivity (Wildman–Crippen MR) is 60.7 cm³/mol. The molecule has 4 nitrogen and oxygen atoms in total. The van der Waals surface area contributed by atoms with E-state index in [2.05, 4.69) is 9.98 Å². The molecule has 0 N–H and O–H groups in total. The maximum atomic E-state index is 10.5. The standard InChI is InChI=1S/C12H18N2O2/c1-10(2)11(3,13-8-15)6-5-7-12(10,4)14-9-16/h5-7H2,1-4H3. The molecule has 1 rings (SSSR count). The van der Waals surface area contributed by atoms with E-state index in [0.29, 0.717) is 0 Å². The van der Waals surface area contributed by atoms with E-state index in [0.717, 1.165) is 19.3 Å². The van der Waals surface area contributed by atoms with Crippen molar-refractivity contribution in [2.24, 2.45) is 15.4 Å². The summed E-state index contributed by atoms with van der Waals surface area (Å²) in [6.45, 7) is 7.84. The third-order valence-electron chi connectivity index (χ3n) is 4.60. The second kappa shape index (κ2) is 3.97. The number of hydrogen-bond acceptors (Lipinski definition) is 4. The summed E-state index contributed by atoms with van der Waals surface area (Å²) < 4.78 is 0. The van der Waals surface area contributed by atoms with E-state index >= 15 is 0 Å². The Balaban J connectivity index is 3.29. The smallest absolute Gasteiger partial charge is 0.211 e. The lowest BCUT2D eigenvalue weighted by Crippen LogP contribution is -2.57. The zero-order valence-corrected chi connectivity index (χ0v) is 10.3. The van der Waals surface area contributed by atoms with Crippen LogP contribution in [0.3, 0.4) is 0 Å². The third-order valence-corrected chi connectivity index (χ3v) is 4.60. The summed E-state index contributed by atoms with van der Waals surface area (Å²) >= 11 is 0. The van der Waals surface area contributed by atoms with Gasteiger partial charge in [0.2, 0.25) is 12.2 Å². The fourth-order valence-corrected chi connectivity index (χ4v) is 2.57. The van der Waals surface area contributed by atoms with Crippen LogP contribution < -0.4 is 0 Å². The van der Waals surface area contributed by atoms with Gasteiger partial charge in [-0.25, -0.2) is 9.59 Å². The molecule has 0 radical (unpaired) electrons. The molecule has 0 spiro atoms. The van der Waals surface area contributed by atoms with Gasteiger partial charge >= 0.3 is 0 Å². The molecule has 2 atom stereocenters. The van der Waals surface area contributed by atoms with Crippen molar-refractivity contribution in [3.8, 4) is 0 Å². The number of hydrogen-bond donors (Lipinski definition) is 0. The monoisotopic (exact) mass is 222 g/mol. The highest BCUT2D eigenvalue weighted by Crippen LogP contribution is 2.53. The van der Waals surface area contributed by atoms with Crippen molar-refractivity contribution in [3.05, 3.63) is 0 Å². The molecule has 4 heteroatoms. The lowest BCUT2D eigenvalue weighted by molar-refractivity contribution is 0.0325. The van der Waals surface area contributed by atoms with Crippen LogP contribution in [0.5, 0.6) is 0 Å². The molecule has 0 aromatic carbocycles. The second-order valence-corrected chi connectivity index (χ2v) is 5.43. The molecule has 0 aromatic heterocycles. The first kappa shape index (κ1) is 12.8. The predicted octanol–water partition coefficient (Wildman–Crippen LogP) is 2.39. The third kappa shape index (κ3) is 1.64. The van der Waals surface area contributed by atoms with Gasteiger partial charge in [0.15, 0.2) is 0 Å². The summed E-state index contributed by atoms with van der Waals surface area (Å²) in [5, 5.41) is 0. The first-order valence-corrected chi connectivity index (χ1v) is 5.51. The van der Waals surface area contributed by atoms with Crippen molar-refractivity contribution < 1.29 is 9.59 Å². The summed E-state index contributed by atoms with van der Waals surface area (Å²) in [7, 11) is 0. The van der Waals surface area contributed by atoms with Crippen LogP contribution >= 0.6 is 0 Å². The molecule has 1 fully saturated rings. The van der Waals surface area contributed by atoms with E-state index in [-0.39, 0.29) is 5.41 Å². The van der Waals surface area contributed by atoms with Gasteiger partial charge in [-0.05, 0) is 33.1 Å². The highest BCUT2D eigenvalue weighted by Gasteiger charge is 2.56. The summed E-state index contributed by atoms with van der Waals surface area (Å²) in [6, 6.07) is 0. The fourth-order valence-electron chi connectivity index (χ4n) is 2.57. The van der Waals surface area contributed by atoms with Crippen molar-refractivity contribution in [2.75, 3.05) is 0 Å². The van der Waals surface area contributed by atoms with Crippen LogP contribution in [-0.4, -0.2) is 23.2 Å². The molecule has 2 unspecified atom stereocenters. The van der Waals surface area contributed by atoms with Crippen molar-refractivity contribution in [3.63, 3.8) is 0 Å². The molecular weight excluding hydrogens is 204 g/mol. The molecule has 1 aliphatic carbocycles. The Bertz CT molecular complexity index is 344. The molecule has 0 aliphatic heterocycles. The van der Waals surface area contributed by atoms with E-state index in [1.807, 2.05) is 27.7 Å². The lowest BCUT2D eigenvalue weighted by atomic mass is 9.55. The molecule has 0 amide bonds. The Labute approximate surface area is 95.9 Å². The largest absolute Gasteiger partial charge is 0.235 e. The maximum absolute atomic E-state index is 10.5. The van der Waals surface area contributed by atoms with Gasteiger partial charge in [0.25, 0.3) is 0 Å². The topological polar surface area (TPSA) is 58.9 Å². The number of rotatable bonds is 2. The van der Waals surface area contributed by atoms with Crippen molar-refractivity contribution in [2.45, 2.75) is 58.0 Å². The van der Waals surface area contributed by atoms with Crippen LogP contribution in [0.1, 0.15) is 47.0 Å². The molecule has 1 aliphatic rings. The minimum absolute atomic E-state index is 0.368. The first-order valence-electron chi connectivity index (χ1n) is 5.51. The summed E-state index contributed by atoms with van der Waals surface area (Å²) in [6.07, 6.45) is 5.83. The Morgan fingerprint density at radius 3 is 1.56 bits per heavy atom. The Morgan fingerprint density at radius 1 is 0.875 bits per heavy atom. The second-order valence-electron chi connectivity index (χ2n) is 5.43. The van der Waals surface area contributed by atoms with Crippen LogP contribution in [0.4, 0.5) is 0 Å². The average molecular weight is 222 g/mol. The van der Waals surface area contributed by atoms with Crippen LogP contribution in [0.15, 0.2) is 9.98 Å². The van der Waals surface area contributed by atoms with E-state index in [1.54, 1.807) is 12.2 Å². The normalized spacial score (nSPS) is 37.0. The maximum Gasteiger partial charge on any atom is 0.235 e. The first-order chi connectivity index (χ1) is 7.33. The van der Waals surface area contributed by atoms with Gasteiger partial charge in [0.1, 0.15) is 0 Å². The Kier molecular flexibility index (Phi) is 3.18. The van der Waals surface area contributed by atoms with Crippen LogP contribution in [0, 0.1) is 5.41 Å². The van der Waals surface area contributed by atoms with Crippen molar-refractivity contribution in [1.29, 1.82) is 0 Å². The lowest BCUT2D eigenvalue weighted by Gasteiger charge is -2.53. The van der Waals surface area contributed by atoms with Gasteiger partial charge in [0.05, 0.1) is 11.1 Å². The molecule has 0 heterocycles. The van der Waals surface area contributed by atoms with Crippen molar-refractivity contribution >= 4 is 12.2 Å². The molecule has 88 valence electrons. The molecular formula is C12H18N2O2. The zero-order valence-electron chi connectivity index (χ0n) is 10.3. The summed E-state index contributed by atoms with van der Waals surface area (Å²) in [5.74, 6) is 0. The minimum Gasteiger partial charge on any atom is -0.211 e. The van der Waals surface area contributed by atoms with Crippen LogP contribution in [0.25, 0.3) is 0 Å². The SMILES string of the molecule is CC1(N=C=O)CCCC(C)(N=C=O)C1(C)C. The van der Waals surface area contributed by atoms with Gasteiger partial charge < -0.3 is 0 Å². The number of carbonyl (C=O) groups excluding carboxylic acids is 2. The van der Waals surface area contributed by atoms with Crippen LogP contribution in [-0.2, 0) is 9.59 Å². The molecule has 16 heavy (non-hydrogen) atoms. The molecule has 1 saturated carbocycles. The van der Waals surface area contributed by atoms with E-state index < -0.39 is 11.1 Å². The van der Waals surface area contributed by atoms with Gasteiger partial charge in [-0.2, -0.15) is 9.98 Å². The number of isocyanates is 2. The average Bonchev–Trinajstić information content (AvgIpc) is 2.16. The number of nitrogens with zero attached hydrogens (tertiary/aromatic N) is 2. The Hall–Kier alpha value is -1.24. The quantitative estimate of drug-likeness (QED) is 0.532. The Morgan fingerprint density at radius 2 is 1.25 bits per heavy atom. The molecule has 0 saturated heterocycles. The zero-order chi connectivity index (χ0) is 12.4. The van der Waals surface area contributed by atoms with Gasteiger partial charge in [-0.15, -0.1) is 0 Å². The molecule has 0 aromatic rings. The van der Waals surface area contributed by atoms with E-state index in [1.165, 1.54) is 0 Å². The summed E-state index contributed by atoms with van der Waals surface area (Å²) in [5.41, 5.74) is -1.39.